The third-order valence-electron chi connectivity index (χ3n) is 4.04. The fourth-order valence-corrected chi connectivity index (χ4v) is 2.47. The number of amides is 3. The lowest BCUT2D eigenvalue weighted by Gasteiger charge is -2.21. The zero-order chi connectivity index (χ0) is 21.0. The van der Waals surface area contributed by atoms with Crippen LogP contribution in [0, 0.1) is 5.92 Å². The van der Waals surface area contributed by atoms with Crippen LogP contribution < -0.4 is 21.7 Å². The van der Waals surface area contributed by atoms with Crippen LogP contribution in [0.25, 0.3) is 0 Å². The van der Waals surface area contributed by atoms with E-state index in [1.165, 1.54) is 11.8 Å². The minimum atomic E-state index is -1.33. The summed E-state index contributed by atoms with van der Waals surface area (Å²) in [6.07, 6.45) is 2.71. The molecule has 0 saturated heterocycles. The number of rotatable bonds is 13. The van der Waals surface area contributed by atoms with E-state index in [0.717, 1.165) is 0 Å². The number of carboxylic acid groups (broad SMARTS) is 1. The number of aliphatic hydroxyl groups excluding tert-OH is 1. The van der Waals surface area contributed by atoms with Crippen LogP contribution in [0.2, 0.25) is 0 Å². The molecule has 0 aliphatic heterocycles. The van der Waals surface area contributed by atoms with Crippen molar-refractivity contribution in [3.63, 3.8) is 0 Å². The van der Waals surface area contributed by atoms with Gasteiger partial charge in [-0.1, -0.05) is 20.3 Å². The summed E-state index contributed by atoms with van der Waals surface area (Å²) in [6, 6.07) is -3.20. The second-order valence-corrected chi connectivity index (χ2v) is 7.10. The lowest BCUT2D eigenvalue weighted by Crippen LogP contribution is -2.55. The van der Waals surface area contributed by atoms with Gasteiger partial charge in [-0.25, -0.2) is 4.79 Å². The predicted octanol–water partition coefficient (Wildman–Crippen LogP) is -1.72. The third kappa shape index (κ3) is 9.59. The van der Waals surface area contributed by atoms with Gasteiger partial charge in [-0.15, -0.1) is 0 Å². The molecule has 156 valence electrons. The summed E-state index contributed by atoms with van der Waals surface area (Å²) in [6.45, 7) is 2.57. The molecule has 0 spiro atoms. The fourth-order valence-electron chi connectivity index (χ4n) is 2.00. The van der Waals surface area contributed by atoms with E-state index in [1.54, 1.807) is 6.26 Å². The molecule has 0 rings (SSSR count). The molecule has 11 heteroatoms. The summed E-state index contributed by atoms with van der Waals surface area (Å²) < 4.78 is 0. The van der Waals surface area contributed by atoms with Gasteiger partial charge < -0.3 is 31.9 Å². The van der Waals surface area contributed by atoms with Gasteiger partial charge in [-0.05, 0) is 24.3 Å². The van der Waals surface area contributed by atoms with Crippen molar-refractivity contribution in [1.82, 2.24) is 16.0 Å². The minimum Gasteiger partial charge on any atom is -0.480 e. The molecular weight excluding hydrogens is 376 g/mol. The number of carboxylic acids is 1. The SMILES string of the molecule is CCC(C)C(N)C(=O)NCC(=O)NC(CO)C(=O)NC(CCSC)C(=O)O. The Labute approximate surface area is 163 Å². The van der Waals surface area contributed by atoms with E-state index in [9.17, 15) is 24.3 Å². The molecular formula is C16H30N4O6S. The number of carbonyl (C=O) groups is 4. The number of hydrogen-bond donors (Lipinski definition) is 6. The van der Waals surface area contributed by atoms with Crippen molar-refractivity contribution < 1.29 is 29.4 Å². The van der Waals surface area contributed by atoms with E-state index in [0.29, 0.717) is 12.2 Å². The van der Waals surface area contributed by atoms with Crippen molar-refractivity contribution >= 4 is 35.5 Å². The third-order valence-corrected chi connectivity index (χ3v) is 4.69. The average Bonchev–Trinajstić information content (AvgIpc) is 2.65. The van der Waals surface area contributed by atoms with Crippen molar-refractivity contribution in [2.24, 2.45) is 11.7 Å². The van der Waals surface area contributed by atoms with Crippen LogP contribution in [-0.4, -0.2) is 77.2 Å². The Balaban J connectivity index is 4.59. The Kier molecular flexibility index (Phi) is 12.4. The Morgan fingerprint density at radius 2 is 1.74 bits per heavy atom. The highest BCUT2D eigenvalue weighted by Gasteiger charge is 2.26. The minimum absolute atomic E-state index is 0.0572. The maximum atomic E-state index is 12.1. The zero-order valence-corrected chi connectivity index (χ0v) is 16.7. The molecule has 0 aromatic heterocycles. The Morgan fingerprint density at radius 3 is 2.22 bits per heavy atom. The van der Waals surface area contributed by atoms with Gasteiger partial charge >= 0.3 is 5.97 Å². The van der Waals surface area contributed by atoms with Crippen molar-refractivity contribution in [1.29, 1.82) is 0 Å². The molecule has 0 aliphatic carbocycles. The summed E-state index contributed by atoms with van der Waals surface area (Å²) in [5.74, 6) is -2.75. The molecule has 0 heterocycles. The van der Waals surface area contributed by atoms with E-state index in [-0.39, 0.29) is 12.3 Å². The number of thioether (sulfide) groups is 1. The van der Waals surface area contributed by atoms with Crippen LogP contribution in [0.15, 0.2) is 0 Å². The first kappa shape index (κ1) is 25.1. The number of aliphatic hydroxyl groups is 1. The number of nitrogens with two attached hydrogens (primary N) is 1. The van der Waals surface area contributed by atoms with Gasteiger partial charge in [0.25, 0.3) is 0 Å². The van der Waals surface area contributed by atoms with E-state index in [4.69, 9.17) is 10.8 Å². The molecule has 0 aliphatic rings. The first-order chi connectivity index (χ1) is 12.7. The first-order valence-corrected chi connectivity index (χ1v) is 10.0. The largest absolute Gasteiger partial charge is 0.480 e. The topological polar surface area (TPSA) is 171 Å². The maximum Gasteiger partial charge on any atom is 0.326 e. The molecule has 27 heavy (non-hydrogen) atoms. The second-order valence-electron chi connectivity index (χ2n) is 6.11. The number of hydrogen-bond acceptors (Lipinski definition) is 7. The highest BCUT2D eigenvalue weighted by molar-refractivity contribution is 7.98. The lowest BCUT2D eigenvalue weighted by atomic mass is 9.99. The second kappa shape index (κ2) is 13.3. The molecule has 0 fully saturated rings. The average molecular weight is 407 g/mol. The molecule has 0 radical (unpaired) electrons. The van der Waals surface area contributed by atoms with Crippen LogP contribution >= 0.6 is 11.8 Å². The van der Waals surface area contributed by atoms with Gasteiger partial charge in [0.2, 0.25) is 17.7 Å². The molecule has 0 aromatic carbocycles. The monoisotopic (exact) mass is 406 g/mol. The molecule has 3 amide bonds. The maximum absolute atomic E-state index is 12.1. The Bertz CT molecular complexity index is 519. The van der Waals surface area contributed by atoms with Crippen LogP contribution in [0.1, 0.15) is 26.7 Å². The van der Waals surface area contributed by atoms with Crippen LogP contribution in [0.5, 0.6) is 0 Å². The summed E-state index contributed by atoms with van der Waals surface area (Å²) >= 11 is 1.43. The number of nitrogens with one attached hydrogen (secondary N) is 3. The molecule has 4 unspecified atom stereocenters. The summed E-state index contributed by atoms with van der Waals surface area (Å²) in [5, 5.41) is 25.3. The van der Waals surface area contributed by atoms with Crippen LogP contribution in [0.3, 0.4) is 0 Å². The zero-order valence-electron chi connectivity index (χ0n) is 15.9. The summed E-state index contributed by atoms with van der Waals surface area (Å²) in [5.41, 5.74) is 5.75. The lowest BCUT2D eigenvalue weighted by molar-refractivity contribution is -0.142. The summed E-state index contributed by atoms with van der Waals surface area (Å²) in [4.78, 5) is 47.0. The molecule has 4 atom stereocenters. The van der Waals surface area contributed by atoms with E-state index >= 15 is 0 Å². The quantitative estimate of drug-likeness (QED) is 0.210. The van der Waals surface area contributed by atoms with Crippen molar-refractivity contribution in [2.75, 3.05) is 25.2 Å². The van der Waals surface area contributed by atoms with E-state index in [1.807, 2.05) is 13.8 Å². The Morgan fingerprint density at radius 1 is 1.11 bits per heavy atom. The van der Waals surface area contributed by atoms with Crippen molar-refractivity contribution in [2.45, 2.75) is 44.8 Å². The molecule has 10 nitrogen and oxygen atoms in total. The molecule has 7 N–H and O–H groups in total. The van der Waals surface area contributed by atoms with Gasteiger partial charge in [0.15, 0.2) is 0 Å². The van der Waals surface area contributed by atoms with Crippen LogP contribution in [-0.2, 0) is 19.2 Å². The van der Waals surface area contributed by atoms with Gasteiger partial charge in [-0.2, -0.15) is 11.8 Å². The normalized spacial score (nSPS) is 15.1. The molecule has 0 bridgehead atoms. The van der Waals surface area contributed by atoms with Gasteiger partial charge in [0, 0.05) is 0 Å². The highest BCUT2D eigenvalue weighted by Crippen LogP contribution is 2.05. The fraction of sp³-hybridized carbons (Fsp3) is 0.750. The Hall–Kier alpha value is -1.85. The smallest absolute Gasteiger partial charge is 0.326 e. The predicted molar refractivity (Wildman–Crippen MR) is 102 cm³/mol. The number of aliphatic carboxylic acids is 1. The van der Waals surface area contributed by atoms with E-state index < -0.39 is 55.0 Å². The molecule has 0 aromatic rings. The first-order valence-electron chi connectivity index (χ1n) is 8.63. The van der Waals surface area contributed by atoms with E-state index in [2.05, 4.69) is 16.0 Å². The summed E-state index contributed by atoms with van der Waals surface area (Å²) in [7, 11) is 0. The van der Waals surface area contributed by atoms with Gasteiger partial charge in [-0.3, -0.25) is 14.4 Å². The highest BCUT2D eigenvalue weighted by atomic mass is 32.2. The number of carbonyl (C=O) groups excluding carboxylic acids is 3. The van der Waals surface area contributed by atoms with Gasteiger partial charge in [0.05, 0.1) is 19.2 Å². The van der Waals surface area contributed by atoms with Crippen molar-refractivity contribution in [3.05, 3.63) is 0 Å². The van der Waals surface area contributed by atoms with Gasteiger partial charge in [0.1, 0.15) is 12.1 Å². The standard InChI is InChI=1S/C16H30N4O6S/c1-4-9(2)13(17)15(24)18-7-12(22)19-11(8-21)14(23)20-10(16(25)26)5-6-27-3/h9-11,13,21H,4-8,17H2,1-3H3,(H,18,24)(H,19,22)(H,20,23)(H,25,26). The molecule has 0 saturated carbocycles. The van der Waals surface area contributed by atoms with Crippen molar-refractivity contribution in [3.8, 4) is 0 Å². The van der Waals surface area contributed by atoms with Crippen LogP contribution in [0.4, 0.5) is 0 Å².